The van der Waals surface area contributed by atoms with E-state index in [1.807, 2.05) is 34.4 Å². The number of aromatic nitrogens is 2. The summed E-state index contributed by atoms with van der Waals surface area (Å²) in [5.41, 5.74) is 4.18. The third-order valence-corrected chi connectivity index (χ3v) is 6.99. The van der Waals surface area contributed by atoms with Crippen molar-refractivity contribution in [2.75, 3.05) is 5.75 Å². The zero-order valence-corrected chi connectivity index (χ0v) is 12.8. The second-order valence-corrected chi connectivity index (χ2v) is 7.67. The number of thioether (sulfide) groups is 2. The maximum absolute atomic E-state index is 5.78. The Morgan fingerprint density at radius 2 is 2.33 bits per heavy atom. The van der Waals surface area contributed by atoms with Gasteiger partial charge < -0.3 is 0 Å². The van der Waals surface area contributed by atoms with E-state index < -0.39 is 0 Å². The number of rotatable bonds is 4. The van der Waals surface area contributed by atoms with Crippen LogP contribution in [0.5, 0.6) is 0 Å². The summed E-state index contributed by atoms with van der Waals surface area (Å²) in [6.07, 6.45) is 1.86. The summed E-state index contributed by atoms with van der Waals surface area (Å²) < 4.78 is 2.03. The fraction of sp³-hybridized carbons (Fsp3) is 0.750. The lowest BCUT2D eigenvalue weighted by Gasteiger charge is -2.35. The van der Waals surface area contributed by atoms with Crippen LogP contribution in [-0.2, 0) is 6.54 Å². The molecule has 4 atom stereocenters. The minimum atomic E-state index is 0.180. The van der Waals surface area contributed by atoms with Gasteiger partial charge in [-0.15, -0.1) is 0 Å². The largest absolute Gasteiger partial charge is 0.271 e. The maximum Gasteiger partial charge on any atom is 0.0755 e. The lowest BCUT2D eigenvalue weighted by Crippen LogP contribution is -2.41. The number of nitrogens with zero attached hydrogens (tertiary/aromatic N) is 2. The molecule has 2 rings (SSSR count). The Morgan fingerprint density at radius 1 is 1.56 bits per heavy atom. The predicted molar refractivity (Wildman–Crippen MR) is 80.7 cm³/mol. The second-order valence-electron chi connectivity index (χ2n) is 4.63. The van der Waals surface area contributed by atoms with Gasteiger partial charge in [0, 0.05) is 34.2 Å². The molecule has 2 heterocycles. The number of nitrogens with one attached hydrogen (secondary N) is 1. The van der Waals surface area contributed by atoms with Crippen LogP contribution in [0.4, 0.5) is 0 Å². The van der Waals surface area contributed by atoms with Gasteiger partial charge in [0.2, 0.25) is 0 Å². The third kappa shape index (κ3) is 2.87. The molecule has 3 N–H and O–H groups in total. The van der Waals surface area contributed by atoms with E-state index >= 15 is 0 Å². The van der Waals surface area contributed by atoms with Gasteiger partial charge in [0.1, 0.15) is 0 Å². The summed E-state index contributed by atoms with van der Waals surface area (Å²) in [5, 5.41) is 6.24. The smallest absolute Gasteiger partial charge is 0.0755 e. The Kier molecular flexibility index (Phi) is 5.00. The van der Waals surface area contributed by atoms with Gasteiger partial charge in [-0.05, 0) is 13.0 Å². The van der Waals surface area contributed by atoms with E-state index in [9.17, 15) is 0 Å². The highest BCUT2D eigenvalue weighted by Gasteiger charge is 2.32. The van der Waals surface area contributed by atoms with Gasteiger partial charge in [-0.1, -0.05) is 13.8 Å². The average Bonchev–Trinajstić information content (AvgIpc) is 2.83. The molecule has 0 aromatic carbocycles. The Labute approximate surface area is 117 Å². The molecular weight excluding hydrogens is 264 g/mol. The van der Waals surface area contributed by atoms with Crippen molar-refractivity contribution in [3.8, 4) is 0 Å². The minimum Gasteiger partial charge on any atom is -0.271 e. The van der Waals surface area contributed by atoms with Gasteiger partial charge in [0.25, 0.3) is 0 Å². The molecule has 1 saturated heterocycles. The molecule has 0 spiro atoms. The SMILES string of the molecule is CCn1nccc1C(NN)C1CSC(C)C(C)S1. The summed E-state index contributed by atoms with van der Waals surface area (Å²) in [4.78, 5) is 0. The number of hydrogen-bond donors (Lipinski definition) is 2. The van der Waals surface area contributed by atoms with Crippen molar-refractivity contribution in [3.05, 3.63) is 18.0 Å². The van der Waals surface area contributed by atoms with Crippen LogP contribution in [0.1, 0.15) is 32.5 Å². The van der Waals surface area contributed by atoms with Gasteiger partial charge in [0.05, 0.1) is 11.7 Å². The number of hydrazine groups is 1. The number of hydrogen-bond acceptors (Lipinski definition) is 5. The molecule has 0 aliphatic carbocycles. The molecule has 102 valence electrons. The summed E-state index contributed by atoms with van der Waals surface area (Å²) in [6.45, 7) is 7.60. The number of nitrogens with two attached hydrogens (primary N) is 1. The Bertz CT molecular complexity index is 382. The first kappa shape index (κ1) is 14.2. The topological polar surface area (TPSA) is 55.9 Å². The molecule has 1 aromatic heterocycles. The van der Waals surface area contributed by atoms with Crippen molar-refractivity contribution >= 4 is 23.5 Å². The molecule has 1 fully saturated rings. The van der Waals surface area contributed by atoms with Crippen molar-refractivity contribution < 1.29 is 0 Å². The second kappa shape index (κ2) is 6.32. The van der Waals surface area contributed by atoms with Crippen LogP contribution in [0.15, 0.2) is 12.3 Å². The molecule has 1 aromatic rings. The molecule has 6 heteroatoms. The minimum absolute atomic E-state index is 0.180. The van der Waals surface area contributed by atoms with Crippen LogP contribution in [0.3, 0.4) is 0 Å². The molecule has 0 bridgehead atoms. The van der Waals surface area contributed by atoms with Crippen LogP contribution in [0, 0.1) is 0 Å². The maximum atomic E-state index is 5.78. The van der Waals surface area contributed by atoms with E-state index in [0.29, 0.717) is 10.5 Å². The Morgan fingerprint density at radius 3 is 2.94 bits per heavy atom. The molecule has 4 nitrogen and oxygen atoms in total. The first-order chi connectivity index (χ1) is 8.67. The van der Waals surface area contributed by atoms with Crippen LogP contribution >= 0.6 is 23.5 Å². The lowest BCUT2D eigenvalue weighted by atomic mass is 10.1. The highest BCUT2D eigenvalue weighted by atomic mass is 32.2. The summed E-state index contributed by atoms with van der Waals surface area (Å²) >= 11 is 4.08. The first-order valence-electron chi connectivity index (χ1n) is 6.42. The zero-order chi connectivity index (χ0) is 13.1. The quantitative estimate of drug-likeness (QED) is 0.655. The summed E-state index contributed by atoms with van der Waals surface area (Å²) in [7, 11) is 0. The van der Waals surface area contributed by atoms with Crippen molar-refractivity contribution in [2.24, 2.45) is 5.84 Å². The first-order valence-corrected chi connectivity index (χ1v) is 8.41. The third-order valence-electron chi connectivity index (χ3n) is 3.49. The standard InChI is InChI=1S/C12H22N4S2/c1-4-16-10(5-6-14-16)12(15-13)11-7-17-8(2)9(3)18-11/h5-6,8-9,11-12,15H,4,7,13H2,1-3H3. The molecule has 4 unspecified atom stereocenters. The van der Waals surface area contributed by atoms with Gasteiger partial charge in [-0.3, -0.25) is 16.0 Å². The highest BCUT2D eigenvalue weighted by molar-refractivity contribution is 8.07. The highest BCUT2D eigenvalue weighted by Crippen LogP contribution is 2.40. The van der Waals surface area contributed by atoms with Crippen molar-refractivity contribution in [2.45, 2.75) is 49.1 Å². The normalized spacial score (nSPS) is 30.3. The van der Waals surface area contributed by atoms with Crippen molar-refractivity contribution in [1.82, 2.24) is 15.2 Å². The van der Waals surface area contributed by atoms with Crippen molar-refractivity contribution in [3.63, 3.8) is 0 Å². The van der Waals surface area contributed by atoms with E-state index in [1.165, 1.54) is 5.69 Å². The van der Waals surface area contributed by atoms with Gasteiger partial charge in [-0.2, -0.15) is 28.6 Å². The fourth-order valence-electron chi connectivity index (χ4n) is 2.24. The Balaban J connectivity index is 2.14. The fourth-order valence-corrected chi connectivity index (χ4v) is 5.32. The van der Waals surface area contributed by atoms with Crippen LogP contribution in [0.2, 0.25) is 0 Å². The molecule has 0 radical (unpaired) electrons. The monoisotopic (exact) mass is 286 g/mol. The van der Waals surface area contributed by atoms with Crippen LogP contribution < -0.4 is 11.3 Å². The predicted octanol–water partition coefficient (Wildman–Crippen LogP) is 2.03. The molecule has 0 amide bonds. The van der Waals surface area contributed by atoms with E-state index in [-0.39, 0.29) is 6.04 Å². The molecule has 0 saturated carbocycles. The van der Waals surface area contributed by atoms with E-state index in [2.05, 4.69) is 37.4 Å². The van der Waals surface area contributed by atoms with Gasteiger partial charge in [0.15, 0.2) is 0 Å². The molecule has 1 aliphatic heterocycles. The van der Waals surface area contributed by atoms with E-state index in [1.54, 1.807) is 0 Å². The molecule has 18 heavy (non-hydrogen) atoms. The Hall–Kier alpha value is -0.170. The lowest BCUT2D eigenvalue weighted by molar-refractivity contribution is 0.490. The van der Waals surface area contributed by atoms with Crippen LogP contribution in [-0.4, -0.2) is 31.3 Å². The summed E-state index contributed by atoms with van der Waals surface area (Å²) in [6, 6.07) is 2.25. The molecule has 1 aliphatic rings. The molecular formula is C12H22N4S2. The average molecular weight is 286 g/mol. The zero-order valence-electron chi connectivity index (χ0n) is 11.2. The summed E-state index contributed by atoms with van der Waals surface area (Å²) in [5.74, 6) is 6.92. The number of aryl methyl sites for hydroxylation is 1. The van der Waals surface area contributed by atoms with E-state index in [0.717, 1.165) is 17.5 Å². The van der Waals surface area contributed by atoms with Gasteiger partial charge >= 0.3 is 0 Å². The van der Waals surface area contributed by atoms with Crippen LogP contribution in [0.25, 0.3) is 0 Å². The van der Waals surface area contributed by atoms with Crippen molar-refractivity contribution in [1.29, 1.82) is 0 Å². The van der Waals surface area contributed by atoms with E-state index in [4.69, 9.17) is 5.84 Å². The van der Waals surface area contributed by atoms with Gasteiger partial charge in [-0.25, -0.2) is 0 Å².